The highest BCUT2D eigenvalue weighted by Gasteiger charge is 2.33. The minimum Gasteiger partial charge on any atom is -0.299 e. The number of rotatable bonds is 2. The Bertz CT molecular complexity index is 179. The fourth-order valence-electron chi connectivity index (χ4n) is 1.27. The lowest BCUT2D eigenvalue weighted by Gasteiger charge is -2.22. The maximum atomic E-state index is 11.1. The first-order valence-corrected chi connectivity index (χ1v) is 4.01. The van der Waals surface area contributed by atoms with E-state index in [4.69, 9.17) is 0 Å². The third-order valence-corrected chi connectivity index (χ3v) is 2.12. The average molecular weight is 151 g/mol. The van der Waals surface area contributed by atoms with Crippen LogP contribution in [0.4, 0.5) is 9.59 Å². The van der Waals surface area contributed by atoms with Crippen molar-refractivity contribution in [3.63, 3.8) is 0 Å². The molecule has 1 aliphatic rings. The second-order valence-corrected chi connectivity index (χ2v) is 2.91. The van der Waals surface area contributed by atoms with Gasteiger partial charge in [0.25, 0.3) is 0 Å². The topological polar surface area (TPSA) is 37.4 Å². The summed E-state index contributed by atoms with van der Waals surface area (Å²) in [4.78, 5) is 23.6. The van der Waals surface area contributed by atoms with Crippen molar-refractivity contribution in [2.45, 2.75) is 26.3 Å². The zero-order chi connectivity index (χ0) is 8.43. The van der Waals surface area contributed by atoms with Crippen LogP contribution in [0.2, 0.25) is 0 Å². The molecule has 3 nitrogen and oxygen atoms in total. The van der Waals surface area contributed by atoms with Crippen LogP contribution in [0.5, 0.6) is 0 Å². The van der Waals surface area contributed by atoms with Crippen LogP contribution in [0, 0.1) is 0 Å². The lowest BCUT2D eigenvalue weighted by Crippen LogP contribution is -2.36. The fraction of sp³-hybridized carbons (Fsp3) is 0.667. The summed E-state index contributed by atoms with van der Waals surface area (Å²) in [7, 11) is 0.812. The van der Waals surface area contributed by atoms with E-state index in [9.17, 15) is 9.59 Å². The Morgan fingerprint density at radius 1 is 1.36 bits per heavy atom. The van der Waals surface area contributed by atoms with Crippen molar-refractivity contribution in [1.82, 2.24) is 4.90 Å². The van der Waals surface area contributed by atoms with Gasteiger partial charge in [-0.25, -0.2) is 0 Å². The molecule has 1 aliphatic heterocycles. The second-order valence-electron chi connectivity index (χ2n) is 2.91. The monoisotopic (exact) mass is 151 g/mol. The average Bonchev–Trinajstić information content (AvgIpc) is 2.30. The standard InChI is InChI=1S/C6H11B2NO2/c1-3-4(2)9-5(10)7-8-6(9)11/h4,7-8H,3H2,1-2H3. The Labute approximate surface area is 67.6 Å². The molecule has 1 heterocycles. The van der Waals surface area contributed by atoms with Crippen LogP contribution in [0.15, 0.2) is 0 Å². The molecule has 11 heavy (non-hydrogen) atoms. The Morgan fingerprint density at radius 2 is 1.82 bits per heavy atom. The van der Waals surface area contributed by atoms with E-state index >= 15 is 0 Å². The van der Waals surface area contributed by atoms with Gasteiger partial charge >= 0.3 is 0 Å². The van der Waals surface area contributed by atoms with Crippen molar-refractivity contribution in [2.75, 3.05) is 0 Å². The molecule has 1 saturated heterocycles. The molecule has 0 aromatic heterocycles. The lowest BCUT2D eigenvalue weighted by molar-refractivity contribution is 0.202. The summed E-state index contributed by atoms with van der Waals surface area (Å²) in [6.07, 6.45) is 0.845. The van der Waals surface area contributed by atoms with Gasteiger partial charge in [-0.1, -0.05) is 6.92 Å². The first-order valence-electron chi connectivity index (χ1n) is 4.01. The number of carbonyl (C=O) groups is 2. The van der Waals surface area contributed by atoms with Crippen LogP contribution in [-0.2, 0) is 0 Å². The Balaban J connectivity index is 2.68. The third-order valence-electron chi connectivity index (χ3n) is 2.12. The van der Waals surface area contributed by atoms with Gasteiger partial charge in [0, 0.05) is 6.04 Å². The molecular weight excluding hydrogens is 140 g/mol. The van der Waals surface area contributed by atoms with Gasteiger partial charge in [-0.15, -0.1) is 0 Å². The molecule has 1 rings (SSSR count). The number of amides is 2. The molecule has 0 bridgehead atoms. The van der Waals surface area contributed by atoms with Gasteiger partial charge in [-0.05, 0) is 13.3 Å². The van der Waals surface area contributed by atoms with Crippen molar-refractivity contribution in [3.05, 3.63) is 0 Å². The number of carbonyl (C=O) groups excluding carboxylic acids is 2. The van der Waals surface area contributed by atoms with Crippen LogP contribution in [0.3, 0.4) is 0 Å². The summed E-state index contributed by atoms with van der Waals surface area (Å²) in [6, 6.07) is 0.0810. The van der Waals surface area contributed by atoms with Crippen molar-refractivity contribution in [3.8, 4) is 0 Å². The molecular formula is C6H11B2NO2. The predicted molar refractivity (Wildman–Crippen MR) is 46.7 cm³/mol. The van der Waals surface area contributed by atoms with Crippen LogP contribution in [0.25, 0.3) is 0 Å². The Morgan fingerprint density at radius 3 is 2.18 bits per heavy atom. The predicted octanol–water partition coefficient (Wildman–Crippen LogP) is 0.128. The molecule has 0 spiro atoms. The molecule has 0 N–H and O–H groups in total. The van der Waals surface area contributed by atoms with Gasteiger partial charge < -0.3 is 0 Å². The molecule has 0 aromatic carbocycles. The third kappa shape index (κ3) is 1.47. The van der Waals surface area contributed by atoms with Gasteiger partial charge in [0.15, 0.2) is 11.6 Å². The number of imide groups is 1. The van der Waals surface area contributed by atoms with E-state index in [2.05, 4.69) is 0 Å². The van der Waals surface area contributed by atoms with E-state index in [0.717, 1.165) is 6.42 Å². The number of hydrogen-bond acceptors (Lipinski definition) is 2. The molecule has 0 radical (unpaired) electrons. The second kappa shape index (κ2) is 3.11. The Kier molecular flexibility index (Phi) is 2.37. The summed E-state index contributed by atoms with van der Waals surface area (Å²) in [5.41, 5.74) is 0. The summed E-state index contributed by atoms with van der Waals surface area (Å²) in [5.74, 6) is -0.0197. The largest absolute Gasteiger partial charge is 0.299 e. The lowest BCUT2D eigenvalue weighted by atomic mass is 9.42. The summed E-state index contributed by atoms with van der Waals surface area (Å²) in [6.45, 7) is 3.88. The molecule has 1 atom stereocenters. The minimum absolute atomic E-state index is 0.00986. The van der Waals surface area contributed by atoms with Crippen molar-refractivity contribution >= 4 is 26.0 Å². The fourth-order valence-corrected chi connectivity index (χ4v) is 1.27. The van der Waals surface area contributed by atoms with Crippen LogP contribution < -0.4 is 0 Å². The summed E-state index contributed by atoms with van der Waals surface area (Å²) in [5, 5.41) is 0. The molecule has 5 heteroatoms. The normalized spacial score (nSPS) is 19.6. The maximum absolute atomic E-state index is 11.1. The molecule has 1 fully saturated rings. The number of nitrogens with zero attached hydrogens (tertiary/aromatic N) is 1. The van der Waals surface area contributed by atoms with Gasteiger partial charge in [0.1, 0.15) is 0 Å². The first kappa shape index (κ1) is 8.37. The first-order chi connectivity index (χ1) is 5.16. The highest BCUT2D eigenvalue weighted by atomic mass is 16.2. The molecule has 1 unspecified atom stereocenters. The van der Waals surface area contributed by atoms with Gasteiger partial charge in [0.2, 0.25) is 14.3 Å². The van der Waals surface area contributed by atoms with Gasteiger partial charge in [-0.2, -0.15) is 0 Å². The quantitative estimate of drug-likeness (QED) is 0.525. The summed E-state index contributed by atoms with van der Waals surface area (Å²) < 4.78 is 0. The molecule has 0 aromatic rings. The molecule has 0 aliphatic carbocycles. The van der Waals surface area contributed by atoms with Crippen molar-refractivity contribution in [1.29, 1.82) is 0 Å². The van der Waals surface area contributed by atoms with Crippen LogP contribution in [-0.4, -0.2) is 36.9 Å². The van der Waals surface area contributed by atoms with E-state index < -0.39 is 0 Å². The van der Waals surface area contributed by atoms with Crippen molar-refractivity contribution in [2.24, 2.45) is 0 Å². The smallest absolute Gasteiger partial charge is 0.211 e. The maximum Gasteiger partial charge on any atom is 0.211 e. The van der Waals surface area contributed by atoms with E-state index in [1.165, 1.54) is 4.90 Å². The minimum atomic E-state index is -0.00986. The van der Waals surface area contributed by atoms with E-state index in [1.807, 2.05) is 13.8 Å². The van der Waals surface area contributed by atoms with E-state index in [0.29, 0.717) is 14.3 Å². The van der Waals surface area contributed by atoms with Crippen LogP contribution in [0.1, 0.15) is 20.3 Å². The SMILES string of the molecule is CCC(C)N1C(=O)BBC1=O. The highest BCUT2D eigenvalue weighted by Crippen LogP contribution is 2.09. The molecule has 2 amide bonds. The zero-order valence-corrected chi connectivity index (χ0v) is 6.96. The molecule has 0 saturated carbocycles. The molecule has 58 valence electrons. The van der Waals surface area contributed by atoms with Gasteiger partial charge in [0.05, 0.1) is 0 Å². The Hall–Kier alpha value is -0.730. The van der Waals surface area contributed by atoms with Crippen LogP contribution >= 0.6 is 0 Å². The van der Waals surface area contributed by atoms with E-state index in [-0.39, 0.29) is 17.7 Å². The number of hydrogen-bond donors (Lipinski definition) is 0. The van der Waals surface area contributed by atoms with Gasteiger partial charge in [-0.3, -0.25) is 14.5 Å². The summed E-state index contributed by atoms with van der Waals surface area (Å²) >= 11 is 0. The van der Waals surface area contributed by atoms with E-state index in [1.54, 1.807) is 0 Å². The highest BCUT2D eigenvalue weighted by molar-refractivity contribution is 7.30. The zero-order valence-electron chi connectivity index (χ0n) is 6.96. The van der Waals surface area contributed by atoms with Crippen molar-refractivity contribution < 1.29 is 9.59 Å².